The van der Waals surface area contributed by atoms with Gasteiger partial charge in [0.25, 0.3) is 11.6 Å². The summed E-state index contributed by atoms with van der Waals surface area (Å²) in [6, 6.07) is 17.5. The summed E-state index contributed by atoms with van der Waals surface area (Å²) < 4.78 is 1.27. The number of benzene rings is 2. The first kappa shape index (κ1) is 22.3. The van der Waals surface area contributed by atoms with Crippen LogP contribution in [0.25, 0.3) is 5.69 Å². The van der Waals surface area contributed by atoms with E-state index in [9.17, 15) is 19.7 Å². The molecule has 1 fully saturated rings. The van der Waals surface area contributed by atoms with Gasteiger partial charge in [0.1, 0.15) is 5.69 Å². The molecule has 33 heavy (non-hydrogen) atoms. The molecule has 4 rings (SSSR count). The lowest BCUT2D eigenvalue weighted by Gasteiger charge is -2.32. The summed E-state index contributed by atoms with van der Waals surface area (Å²) in [6.45, 7) is 4.15. The first-order valence-corrected chi connectivity index (χ1v) is 10.8. The van der Waals surface area contributed by atoms with E-state index in [0.29, 0.717) is 5.69 Å². The quantitative estimate of drug-likeness (QED) is 0.460. The highest BCUT2D eigenvalue weighted by molar-refractivity contribution is 5.92. The van der Waals surface area contributed by atoms with Gasteiger partial charge in [-0.1, -0.05) is 42.5 Å². The van der Waals surface area contributed by atoms with E-state index in [0.717, 1.165) is 32.5 Å². The Balaban J connectivity index is 1.47. The van der Waals surface area contributed by atoms with Crippen molar-refractivity contribution in [1.82, 2.24) is 20.0 Å². The van der Waals surface area contributed by atoms with E-state index in [2.05, 4.69) is 27.4 Å². The third-order valence-corrected chi connectivity index (χ3v) is 5.80. The van der Waals surface area contributed by atoms with Crippen molar-refractivity contribution in [2.45, 2.75) is 32.4 Å². The number of aryl methyl sites for hydroxylation is 1. The molecule has 1 N–H and O–H groups in total. The summed E-state index contributed by atoms with van der Waals surface area (Å²) >= 11 is 0. The monoisotopic (exact) mass is 447 g/mol. The lowest BCUT2D eigenvalue weighted by Crippen LogP contribution is -2.45. The summed E-state index contributed by atoms with van der Waals surface area (Å²) in [5.41, 5.74) is 0.906. The van der Waals surface area contributed by atoms with Crippen LogP contribution in [0, 0.1) is 17.0 Å². The average molecular weight is 447 g/mol. The minimum Gasteiger partial charge on any atom is -0.348 e. The van der Waals surface area contributed by atoms with Crippen LogP contribution in [0.4, 0.5) is 5.69 Å². The molecule has 1 aliphatic rings. The number of hydrogen-bond acceptors (Lipinski definition) is 6. The fraction of sp³-hybridized carbons (Fsp3) is 0.292. The molecule has 1 aliphatic heterocycles. The Kier molecular flexibility index (Phi) is 6.60. The SMILES string of the molecule is Cc1cc(=O)c(C(=O)NC2CCN(Cc3ccccc3)CC2)nn1-c1ccccc1[N+](=O)[O-]. The van der Waals surface area contributed by atoms with Crippen LogP contribution in [-0.2, 0) is 6.54 Å². The molecule has 170 valence electrons. The lowest BCUT2D eigenvalue weighted by atomic mass is 10.0. The molecule has 0 bridgehead atoms. The number of carbonyl (C=O) groups excluding carboxylic acids is 1. The summed E-state index contributed by atoms with van der Waals surface area (Å²) in [5.74, 6) is -0.561. The zero-order valence-corrected chi connectivity index (χ0v) is 18.3. The predicted octanol–water partition coefficient (Wildman–Crippen LogP) is 2.84. The van der Waals surface area contributed by atoms with Gasteiger partial charge in [-0.15, -0.1) is 0 Å². The van der Waals surface area contributed by atoms with Gasteiger partial charge in [-0.25, -0.2) is 4.68 Å². The normalized spacial score (nSPS) is 14.7. The molecule has 3 aromatic rings. The number of nitro groups is 1. The molecule has 0 radical (unpaired) electrons. The number of piperidine rings is 1. The van der Waals surface area contributed by atoms with Gasteiger partial charge >= 0.3 is 0 Å². The minimum absolute atomic E-state index is 0.0634. The van der Waals surface area contributed by atoms with Gasteiger partial charge in [-0.2, -0.15) is 5.10 Å². The van der Waals surface area contributed by atoms with Crippen LogP contribution in [0.2, 0.25) is 0 Å². The number of nitrogens with zero attached hydrogens (tertiary/aromatic N) is 4. The number of carbonyl (C=O) groups is 1. The molecule has 0 unspecified atom stereocenters. The van der Waals surface area contributed by atoms with Crippen molar-refractivity contribution in [3.8, 4) is 5.69 Å². The molecule has 1 saturated heterocycles. The van der Waals surface area contributed by atoms with Gasteiger partial charge in [-0.05, 0) is 31.4 Å². The number of amides is 1. The topological polar surface area (TPSA) is 110 Å². The van der Waals surface area contributed by atoms with Crippen molar-refractivity contribution in [2.75, 3.05) is 13.1 Å². The van der Waals surface area contributed by atoms with Crippen LogP contribution in [0.5, 0.6) is 0 Å². The van der Waals surface area contributed by atoms with E-state index in [1.54, 1.807) is 19.1 Å². The van der Waals surface area contributed by atoms with E-state index in [-0.39, 0.29) is 23.1 Å². The van der Waals surface area contributed by atoms with Crippen molar-refractivity contribution in [2.24, 2.45) is 0 Å². The predicted molar refractivity (Wildman–Crippen MR) is 123 cm³/mol. The maximum absolute atomic E-state index is 12.9. The number of aromatic nitrogens is 2. The van der Waals surface area contributed by atoms with E-state index in [1.165, 1.54) is 28.4 Å². The zero-order chi connectivity index (χ0) is 23.4. The van der Waals surface area contributed by atoms with Gasteiger partial charge < -0.3 is 5.32 Å². The first-order chi connectivity index (χ1) is 15.9. The van der Waals surface area contributed by atoms with Crippen molar-refractivity contribution < 1.29 is 9.72 Å². The number of nitrogens with one attached hydrogen (secondary N) is 1. The van der Waals surface area contributed by atoms with Crippen LogP contribution in [0.15, 0.2) is 65.5 Å². The molecule has 0 atom stereocenters. The van der Waals surface area contributed by atoms with Gasteiger partial charge in [0.15, 0.2) is 5.69 Å². The van der Waals surface area contributed by atoms with Crippen LogP contribution >= 0.6 is 0 Å². The fourth-order valence-electron chi connectivity index (χ4n) is 4.08. The van der Waals surface area contributed by atoms with Gasteiger partial charge in [-0.3, -0.25) is 24.6 Å². The number of nitro benzene ring substituents is 1. The molecule has 9 nitrogen and oxygen atoms in total. The average Bonchev–Trinajstić information content (AvgIpc) is 2.81. The van der Waals surface area contributed by atoms with E-state index in [4.69, 9.17) is 0 Å². The van der Waals surface area contributed by atoms with E-state index in [1.807, 2.05) is 18.2 Å². The third kappa shape index (κ3) is 5.15. The Morgan fingerprint density at radius 3 is 2.48 bits per heavy atom. The molecule has 0 aliphatic carbocycles. The minimum atomic E-state index is -0.561. The number of rotatable bonds is 6. The maximum Gasteiger partial charge on any atom is 0.294 e. The van der Waals surface area contributed by atoms with Crippen molar-refractivity contribution >= 4 is 11.6 Å². The lowest BCUT2D eigenvalue weighted by molar-refractivity contribution is -0.384. The first-order valence-electron chi connectivity index (χ1n) is 10.8. The summed E-state index contributed by atoms with van der Waals surface area (Å²) in [7, 11) is 0. The third-order valence-electron chi connectivity index (χ3n) is 5.80. The number of para-hydroxylation sites is 2. The Morgan fingerprint density at radius 1 is 1.12 bits per heavy atom. The molecule has 2 heterocycles. The van der Waals surface area contributed by atoms with Crippen molar-refractivity contribution in [3.63, 3.8) is 0 Å². The molecule has 2 aromatic carbocycles. The largest absolute Gasteiger partial charge is 0.348 e. The van der Waals surface area contributed by atoms with Crippen molar-refractivity contribution in [1.29, 1.82) is 0 Å². The van der Waals surface area contributed by atoms with Gasteiger partial charge in [0.2, 0.25) is 5.43 Å². The van der Waals surface area contributed by atoms with E-state index >= 15 is 0 Å². The fourth-order valence-corrected chi connectivity index (χ4v) is 4.08. The highest BCUT2D eigenvalue weighted by Crippen LogP contribution is 2.22. The second kappa shape index (κ2) is 9.74. The van der Waals surface area contributed by atoms with E-state index < -0.39 is 16.3 Å². The molecule has 9 heteroatoms. The molecule has 0 saturated carbocycles. The Morgan fingerprint density at radius 2 is 1.79 bits per heavy atom. The molecule has 1 amide bonds. The van der Waals surface area contributed by atoms with Crippen LogP contribution in [0.1, 0.15) is 34.6 Å². The van der Waals surface area contributed by atoms with Crippen molar-refractivity contribution in [3.05, 3.63) is 98.0 Å². The smallest absolute Gasteiger partial charge is 0.294 e. The van der Waals surface area contributed by atoms with Gasteiger partial charge in [0.05, 0.1) is 4.92 Å². The second-order valence-electron chi connectivity index (χ2n) is 8.17. The second-order valence-corrected chi connectivity index (χ2v) is 8.17. The maximum atomic E-state index is 12.9. The molecule has 0 spiro atoms. The Hall–Kier alpha value is -3.85. The summed E-state index contributed by atoms with van der Waals surface area (Å²) in [4.78, 5) is 38.6. The Bertz CT molecular complexity index is 1220. The molecule has 1 aromatic heterocycles. The summed E-state index contributed by atoms with van der Waals surface area (Å²) in [5, 5.41) is 18.5. The van der Waals surface area contributed by atoms with Gasteiger partial charge in [0, 0.05) is 43.5 Å². The molecular weight excluding hydrogens is 422 g/mol. The number of likely N-dealkylation sites (tertiary alicyclic amines) is 1. The number of hydrogen-bond donors (Lipinski definition) is 1. The standard InChI is InChI=1S/C24H25N5O4/c1-17-15-22(30)23(26-28(17)20-9-5-6-10-21(20)29(32)33)24(31)25-19-11-13-27(14-12-19)16-18-7-3-2-4-8-18/h2-10,15,19H,11-14,16H2,1H3,(H,25,31). The highest BCUT2D eigenvalue weighted by Gasteiger charge is 2.24. The molecular formula is C24H25N5O4. The zero-order valence-electron chi connectivity index (χ0n) is 18.3. The highest BCUT2D eigenvalue weighted by atomic mass is 16.6. The van der Waals surface area contributed by atoms with Crippen LogP contribution in [-0.4, -0.2) is 44.6 Å². The van der Waals surface area contributed by atoms with Crippen LogP contribution < -0.4 is 10.7 Å². The summed E-state index contributed by atoms with van der Waals surface area (Å²) in [6.07, 6.45) is 1.53. The Labute approximate surface area is 190 Å². The van der Waals surface area contributed by atoms with Crippen LogP contribution in [0.3, 0.4) is 0 Å².